The van der Waals surface area contributed by atoms with E-state index in [1.807, 2.05) is 12.1 Å². The third-order valence-electron chi connectivity index (χ3n) is 1.41. The number of rotatable bonds is 0. The molecule has 2 nitrogen and oxygen atoms in total. The zero-order chi connectivity index (χ0) is 7.84. The first-order chi connectivity index (χ1) is 5.25. The van der Waals surface area contributed by atoms with E-state index in [9.17, 15) is 0 Å². The van der Waals surface area contributed by atoms with Crippen molar-refractivity contribution in [1.29, 1.82) is 0 Å². The zero-order valence-electron chi connectivity index (χ0n) is 5.44. The van der Waals surface area contributed by atoms with Gasteiger partial charge in [-0.15, -0.1) is 0 Å². The fraction of sp³-hybridized carbons (Fsp3) is 0. The monoisotopic (exact) mass is 278 g/mol. The van der Waals surface area contributed by atoms with Crippen LogP contribution in [-0.2, 0) is 0 Å². The van der Waals surface area contributed by atoms with Gasteiger partial charge >= 0.3 is 0 Å². The number of pyridine rings is 1. The summed E-state index contributed by atoms with van der Waals surface area (Å²) < 4.78 is 1.08. The zero-order valence-corrected chi connectivity index (χ0v) is 8.35. The lowest BCUT2D eigenvalue weighted by Gasteiger charge is -1.87. The van der Waals surface area contributed by atoms with Gasteiger partial charge in [0, 0.05) is 0 Å². The smallest absolute Gasteiger partial charge is 0.129 e. The summed E-state index contributed by atoms with van der Waals surface area (Å²) in [6.07, 6.45) is 0. The maximum absolute atomic E-state index is 5.70. The average Bonchev–Trinajstić information content (AvgIpc) is 2.27. The SMILES string of the molecule is Clc1ccc2[nH]c(I)cc2n1. The van der Waals surface area contributed by atoms with Gasteiger partial charge in [-0.3, -0.25) is 0 Å². The molecule has 0 aliphatic heterocycles. The van der Waals surface area contributed by atoms with E-state index in [1.54, 1.807) is 6.07 Å². The molecule has 0 saturated carbocycles. The van der Waals surface area contributed by atoms with Crippen LogP contribution in [0.5, 0.6) is 0 Å². The van der Waals surface area contributed by atoms with Gasteiger partial charge in [-0.25, -0.2) is 4.98 Å². The van der Waals surface area contributed by atoms with Crippen molar-refractivity contribution >= 4 is 45.2 Å². The summed E-state index contributed by atoms with van der Waals surface area (Å²) in [5.74, 6) is 0. The molecule has 0 amide bonds. The molecule has 0 fully saturated rings. The number of fused-ring (bicyclic) bond motifs is 1. The van der Waals surface area contributed by atoms with Crippen LogP contribution >= 0.6 is 34.2 Å². The molecule has 2 rings (SSSR count). The molecular weight excluding hydrogens is 274 g/mol. The molecule has 0 radical (unpaired) electrons. The van der Waals surface area contributed by atoms with E-state index in [0.29, 0.717) is 5.15 Å². The highest BCUT2D eigenvalue weighted by Crippen LogP contribution is 2.16. The lowest BCUT2D eigenvalue weighted by atomic mass is 10.4. The lowest BCUT2D eigenvalue weighted by molar-refractivity contribution is 1.39. The number of hydrogen-bond acceptors (Lipinski definition) is 1. The van der Waals surface area contributed by atoms with Crippen LogP contribution in [0.4, 0.5) is 0 Å². The topological polar surface area (TPSA) is 28.7 Å². The van der Waals surface area contributed by atoms with E-state index in [4.69, 9.17) is 11.6 Å². The Morgan fingerprint density at radius 3 is 3.09 bits per heavy atom. The number of aromatic amines is 1. The minimum atomic E-state index is 0.535. The Hall–Kier alpha value is -0.290. The number of nitrogens with one attached hydrogen (secondary N) is 1. The summed E-state index contributed by atoms with van der Waals surface area (Å²) in [6, 6.07) is 5.66. The molecule has 2 aromatic rings. The van der Waals surface area contributed by atoms with Gasteiger partial charge in [0.05, 0.1) is 14.7 Å². The Kier molecular flexibility index (Phi) is 1.77. The van der Waals surface area contributed by atoms with Crippen LogP contribution in [0.25, 0.3) is 11.0 Å². The van der Waals surface area contributed by atoms with Crippen LogP contribution in [-0.4, -0.2) is 9.97 Å². The van der Waals surface area contributed by atoms with Gasteiger partial charge in [-0.1, -0.05) is 11.6 Å². The van der Waals surface area contributed by atoms with Gasteiger partial charge < -0.3 is 4.98 Å². The fourth-order valence-electron chi connectivity index (χ4n) is 0.951. The second-order valence-electron chi connectivity index (χ2n) is 2.18. The Bertz CT molecular complexity index is 396. The molecule has 1 N–H and O–H groups in total. The third-order valence-corrected chi connectivity index (χ3v) is 2.20. The Labute approximate surface area is 82.1 Å². The van der Waals surface area contributed by atoms with Gasteiger partial charge in [0.1, 0.15) is 5.15 Å². The van der Waals surface area contributed by atoms with Crippen molar-refractivity contribution in [1.82, 2.24) is 9.97 Å². The molecule has 2 aromatic heterocycles. The minimum absolute atomic E-state index is 0.535. The van der Waals surface area contributed by atoms with Crippen molar-refractivity contribution in [2.24, 2.45) is 0 Å². The molecule has 0 saturated heterocycles. The highest BCUT2D eigenvalue weighted by molar-refractivity contribution is 14.1. The first kappa shape index (κ1) is 7.36. The van der Waals surface area contributed by atoms with Crippen LogP contribution in [0, 0.1) is 3.70 Å². The molecule has 56 valence electrons. The molecule has 0 aliphatic carbocycles. The van der Waals surface area contributed by atoms with Crippen molar-refractivity contribution in [3.63, 3.8) is 0 Å². The normalized spacial score (nSPS) is 10.7. The first-order valence-corrected chi connectivity index (χ1v) is 4.52. The molecule has 0 unspecified atom stereocenters. The Morgan fingerprint density at radius 2 is 2.27 bits per heavy atom. The van der Waals surface area contributed by atoms with Crippen LogP contribution < -0.4 is 0 Å². The van der Waals surface area contributed by atoms with Crippen LogP contribution in [0.15, 0.2) is 18.2 Å². The minimum Gasteiger partial charge on any atom is -0.349 e. The van der Waals surface area contributed by atoms with E-state index in [-0.39, 0.29) is 0 Å². The van der Waals surface area contributed by atoms with Gasteiger partial charge in [0.25, 0.3) is 0 Å². The van der Waals surface area contributed by atoms with Crippen molar-refractivity contribution in [2.75, 3.05) is 0 Å². The summed E-state index contributed by atoms with van der Waals surface area (Å²) in [5.41, 5.74) is 1.95. The van der Waals surface area contributed by atoms with Crippen LogP contribution in [0.2, 0.25) is 5.15 Å². The van der Waals surface area contributed by atoms with Crippen molar-refractivity contribution in [2.45, 2.75) is 0 Å². The maximum atomic E-state index is 5.70. The van der Waals surface area contributed by atoms with E-state index in [1.165, 1.54) is 0 Å². The van der Waals surface area contributed by atoms with Crippen molar-refractivity contribution < 1.29 is 0 Å². The molecule has 0 aromatic carbocycles. The number of hydrogen-bond donors (Lipinski definition) is 1. The quantitative estimate of drug-likeness (QED) is 0.582. The molecule has 4 heteroatoms. The number of aromatic nitrogens is 2. The summed E-state index contributed by atoms with van der Waals surface area (Å²) in [7, 11) is 0. The standard InChI is InChI=1S/C7H4ClIN2/c8-6-2-1-4-5(10-6)3-7(9)11-4/h1-3,11H. The van der Waals surface area contributed by atoms with E-state index < -0.39 is 0 Å². The van der Waals surface area contributed by atoms with E-state index in [2.05, 4.69) is 32.6 Å². The predicted octanol–water partition coefficient (Wildman–Crippen LogP) is 2.82. The van der Waals surface area contributed by atoms with Gasteiger partial charge in [-0.05, 0) is 40.8 Å². The van der Waals surface area contributed by atoms with Crippen LogP contribution in [0.1, 0.15) is 0 Å². The summed E-state index contributed by atoms with van der Waals surface area (Å²) in [6.45, 7) is 0. The van der Waals surface area contributed by atoms with Crippen LogP contribution in [0.3, 0.4) is 0 Å². The summed E-state index contributed by atoms with van der Waals surface area (Å²) >= 11 is 7.91. The van der Waals surface area contributed by atoms with E-state index >= 15 is 0 Å². The Balaban J connectivity index is 2.82. The highest BCUT2D eigenvalue weighted by Gasteiger charge is 1.98. The van der Waals surface area contributed by atoms with Gasteiger partial charge in [-0.2, -0.15) is 0 Å². The second kappa shape index (κ2) is 2.64. The summed E-state index contributed by atoms with van der Waals surface area (Å²) in [5, 5.41) is 0.535. The summed E-state index contributed by atoms with van der Waals surface area (Å²) in [4.78, 5) is 7.28. The van der Waals surface area contributed by atoms with Gasteiger partial charge in [0.15, 0.2) is 0 Å². The Morgan fingerprint density at radius 1 is 1.45 bits per heavy atom. The lowest BCUT2D eigenvalue weighted by Crippen LogP contribution is -1.73. The highest BCUT2D eigenvalue weighted by atomic mass is 127. The maximum Gasteiger partial charge on any atom is 0.129 e. The van der Waals surface area contributed by atoms with Crippen molar-refractivity contribution in [3.8, 4) is 0 Å². The molecule has 2 heterocycles. The fourth-order valence-corrected chi connectivity index (χ4v) is 1.69. The average molecular weight is 278 g/mol. The molecule has 0 spiro atoms. The van der Waals surface area contributed by atoms with Gasteiger partial charge in [0.2, 0.25) is 0 Å². The first-order valence-electron chi connectivity index (χ1n) is 3.06. The molecule has 0 aliphatic rings. The van der Waals surface area contributed by atoms with Crippen molar-refractivity contribution in [3.05, 3.63) is 27.1 Å². The molecule has 11 heavy (non-hydrogen) atoms. The largest absolute Gasteiger partial charge is 0.349 e. The second-order valence-corrected chi connectivity index (χ2v) is 3.73. The molecule has 0 atom stereocenters. The predicted molar refractivity (Wildman–Crippen MR) is 53.8 cm³/mol. The number of nitrogens with zero attached hydrogens (tertiary/aromatic N) is 1. The third kappa shape index (κ3) is 1.35. The number of H-pyrrole nitrogens is 1. The number of halogens is 2. The molecular formula is C7H4ClIN2. The molecule has 0 bridgehead atoms. The van der Waals surface area contributed by atoms with E-state index in [0.717, 1.165) is 14.7 Å².